The smallest absolute Gasteiger partial charge is 0.252 e. The molecule has 0 bridgehead atoms. The van der Waals surface area contributed by atoms with Crippen molar-refractivity contribution in [1.82, 2.24) is 4.98 Å². The molecule has 74 valence electrons. The maximum absolute atomic E-state index is 11.1. The normalized spacial score (nSPS) is 14.0. The van der Waals surface area contributed by atoms with Gasteiger partial charge in [0.1, 0.15) is 5.82 Å². The topological polar surface area (TPSA) is 102 Å². The summed E-state index contributed by atoms with van der Waals surface area (Å²) in [5.41, 5.74) is 12.5. The monoisotopic (exact) mass is 193 g/mol. The minimum atomic E-state index is -0.576. The molecule has 0 fully saturated rings. The average Bonchev–Trinajstić information content (AvgIpc) is 2.51. The van der Waals surface area contributed by atoms with Crippen LogP contribution in [0.15, 0.2) is 0 Å². The first-order valence-electron chi connectivity index (χ1n) is 4.41. The van der Waals surface area contributed by atoms with Crippen molar-refractivity contribution in [3.05, 3.63) is 16.7 Å². The van der Waals surface area contributed by atoms with Gasteiger partial charge in [0.2, 0.25) is 5.88 Å². The van der Waals surface area contributed by atoms with Gasteiger partial charge in [-0.3, -0.25) is 4.79 Å². The fraction of sp³-hybridized carbons (Fsp3) is 0.333. The summed E-state index contributed by atoms with van der Waals surface area (Å²) < 4.78 is 0. The maximum Gasteiger partial charge on any atom is 0.252 e. The number of nitrogens with two attached hydrogens (primary N) is 2. The number of rotatable bonds is 1. The highest BCUT2D eigenvalue weighted by molar-refractivity contribution is 5.99. The van der Waals surface area contributed by atoms with Crippen LogP contribution < -0.4 is 11.5 Å². The number of aromatic hydroxyl groups is 1. The van der Waals surface area contributed by atoms with Crippen molar-refractivity contribution in [1.29, 1.82) is 0 Å². The van der Waals surface area contributed by atoms with Gasteiger partial charge in [-0.25, -0.2) is 0 Å². The molecule has 1 aromatic heterocycles. The van der Waals surface area contributed by atoms with Crippen LogP contribution in [-0.2, 0) is 12.8 Å². The van der Waals surface area contributed by atoms with Crippen LogP contribution in [0.1, 0.15) is 27.9 Å². The van der Waals surface area contributed by atoms with E-state index in [0.29, 0.717) is 5.56 Å². The number of primary amides is 1. The van der Waals surface area contributed by atoms with Crippen LogP contribution >= 0.6 is 0 Å². The minimum absolute atomic E-state index is 0.0238. The minimum Gasteiger partial charge on any atom is -0.493 e. The third kappa shape index (κ3) is 1.09. The molecule has 5 N–H and O–H groups in total. The van der Waals surface area contributed by atoms with Crippen LogP contribution in [-0.4, -0.2) is 16.0 Å². The fourth-order valence-corrected chi connectivity index (χ4v) is 1.93. The van der Waals surface area contributed by atoms with Crippen LogP contribution in [0.3, 0.4) is 0 Å². The van der Waals surface area contributed by atoms with Crippen molar-refractivity contribution in [2.45, 2.75) is 19.3 Å². The third-order valence-corrected chi connectivity index (χ3v) is 2.52. The van der Waals surface area contributed by atoms with Crippen LogP contribution in [0.4, 0.5) is 5.82 Å². The molecule has 0 saturated carbocycles. The van der Waals surface area contributed by atoms with Gasteiger partial charge in [0.25, 0.3) is 5.91 Å². The summed E-state index contributed by atoms with van der Waals surface area (Å²) in [5.74, 6) is -0.621. The predicted molar refractivity (Wildman–Crippen MR) is 50.9 cm³/mol. The first-order valence-corrected chi connectivity index (χ1v) is 4.41. The van der Waals surface area contributed by atoms with E-state index in [1.54, 1.807) is 0 Å². The Labute approximate surface area is 80.7 Å². The lowest BCUT2D eigenvalue weighted by atomic mass is 10.0. The second-order valence-corrected chi connectivity index (χ2v) is 3.37. The Hall–Kier alpha value is -1.78. The quantitative estimate of drug-likeness (QED) is 0.582. The van der Waals surface area contributed by atoms with Crippen molar-refractivity contribution < 1.29 is 9.90 Å². The molecule has 0 atom stereocenters. The zero-order valence-electron chi connectivity index (χ0n) is 7.58. The van der Waals surface area contributed by atoms with Crippen molar-refractivity contribution in [3.63, 3.8) is 0 Å². The van der Waals surface area contributed by atoms with Crippen LogP contribution in [0.5, 0.6) is 5.88 Å². The number of nitrogens with zero attached hydrogens (tertiary/aromatic N) is 1. The van der Waals surface area contributed by atoms with Gasteiger partial charge in [0.15, 0.2) is 0 Å². The molecule has 1 aromatic rings. The number of fused-ring (bicyclic) bond motifs is 1. The van der Waals surface area contributed by atoms with E-state index >= 15 is 0 Å². The van der Waals surface area contributed by atoms with Gasteiger partial charge in [0.05, 0.1) is 5.56 Å². The van der Waals surface area contributed by atoms with Crippen molar-refractivity contribution in [3.8, 4) is 5.88 Å². The molecule has 5 nitrogen and oxygen atoms in total. The SMILES string of the molecule is NC(=O)c1c(N)nc(O)c2c1CCC2. The summed E-state index contributed by atoms with van der Waals surface area (Å²) in [7, 11) is 0. The van der Waals surface area contributed by atoms with Gasteiger partial charge in [0, 0.05) is 5.56 Å². The molecule has 2 rings (SSSR count). The highest BCUT2D eigenvalue weighted by Gasteiger charge is 2.24. The van der Waals surface area contributed by atoms with Gasteiger partial charge in [-0.15, -0.1) is 0 Å². The molecule has 1 aliphatic carbocycles. The van der Waals surface area contributed by atoms with Crippen LogP contribution in [0.25, 0.3) is 0 Å². The third-order valence-electron chi connectivity index (χ3n) is 2.52. The second-order valence-electron chi connectivity index (χ2n) is 3.37. The number of aromatic nitrogens is 1. The zero-order chi connectivity index (χ0) is 10.3. The number of hydrogen-bond donors (Lipinski definition) is 3. The van der Waals surface area contributed by atoms with E-state index in [1.807, 2.05) is 0 Å². The van der Waals surface area contributed by atoms with E-state index < -0.39 is 5.91 Å². The average molecular weight is 193 g/mol. The molecule has 0 aromatic carbocycles. The first kappa shape index (κ1) is 8.80. The van der Waals surface area contributed by atoms with E-state index in [2.05, 4.69) is 4.98 Å². The molecule has 5 heteroatoms. The molecule has 0 radical (unpaired) electrons. The molecule has 1 heterocycles. The van der Waals surface area contributed by atoms with Gasteiger partial charge >= 0.3 is 0 Å². The lowest BCUT2D eigenvalue weighted by molar-refractivity contribution is 0.1000. The van der Waals surface area contributed by atoms with Crippen molar-refractivity contribution in [2.75, 3.05) is 5.73 Å². The number of carbonyl (C=O) groups is 1. The predicted octanol–water partition coefficient (Wildman–Crippen LogP) is -0.0430. The molecule has 1 aliphatic rings. The molecule has 0 spiro atoms. The van der Waals surface area contributed by atoms with E-state index in [9.17, 15) is 9.90 Å². The van der Waals surface area contributed by atoms with Crippen LogP contribution in [0.2, 0.25) is 0 Å². The lowest BCUT2D eigenvalue weighted by Gasteiger charge is -2.08. The molecule has 14 heavy (non-hydrogen) atoms. The maximum atomic E-state index is 11.1. The second kappa shape index (κ2) is 2.87. The zero-order valence-corrected chi connectivity index (χ0v) is 7.58. The van der Waals surface area contributed by atoms with Gasteiger partial charge in [-0.1, -0.05) is 0 Å². The summed E-state index contributed by atoms with van der Waals surface area (Å²) in [6, 6.07) is 0. The lowest BCUT2D eigenvalue weighted by Crippen LogP contribution is -2.17. The van der Waals surface area contributed by atoms with E-state index in [-0.39, 0.29) is 17.3 Å². The summed E-state index contributed by atoms with van der Waals surface area (Å²) in [6.45, 7) is 0. The summed E-state index contributed by atoms with van der Waals surface area (Å²) >= 11 is 0. The largest absolute Gasteiger partial charge is 0.493 e. The Bertz CT molecular complexity index is 415. The standard InChI is InChI=1S/C9H11N3O2/c10-7-6(8(11)13)4-2-1-3-5(4)9(14)12-7/h1-3H2,(H2,11,13)(H3,10,12,14). The molecule has 1 amide bonds. The van der Waals surface area contributed by atoms with Crippen molar-refractivity contribution >= 4 is 11.7 Å². The summed E-state index contributed by atoms with van der Waals surface area (Å²) in [4.78, 5) is 14.8. The Kier molecular flexibility index (Phi) is 1.80. The van der Waals surface area contributed by atoms with E-state index in [4.69, 9.17) is 11.5 Å². The summed E-state index contributed by atoms with van der Waals surface area (Å²) in [5, 5.41) is 9.48. The van der Waals surface area contributed by atoms with Gasteiger partial charge in [-0.05, 0) is 24.8 Å². The number of anilines is 1. The highest BCUT2D eigenvalue weighted by Crippen LogP contribution is 2.33. The first-order chi connectivity index (χ1) is 6.61. The Morgan fingerprint density at radius 2 is 2.00 bits per heavy atom. The number of carbonyl (C=O) groups excluding carboxylic acids is 1. The number of pyridine rings is 1. The molecule has 0 aliphatic heterocycles. The van der Waals surface area contributed by atoms with E-state index in [1.165, 1.54) is 0 Å². The molecular weight excluding hydrogens is 182 g/mol. The number of hydrogen-bond acceptors (Lipinski definition) is 4. The molecule has 0 unspecified atom stereocenters. The number of nitrogen functional groups attached to an aromatic ring is 1. The van der Waals surface area contributed by atoms with Crippen LogP contribution in [0, 0.1) is 0 Å². The number of amides is 1. The highest BCUT2D eigenvalue weighted by atomic mass is 16.3. The van der Waals surface area contributed by atoms with Crippen molar-refractivity contribution in [2.24, 2.45) is 5.73 Å². The molecular formula is C9H11N3O2. The molecule has 0 saturated heterocycles. The van der Waals surface area contributed by atoms with E-state index in [0.717, 1.165) is 24.8 Å². The summed E-state index contributed by atoms with van der Waals surface area (Å²) in [6.07, 6.45) is 2.36. The Morgan fingerprint density at radius 1 is 1.36 bits per heavy atom. The van der Waals surface area contributed by atoms with Gasteiger partial charge < -0.3 is 16.6 Å². The fourth-order valence-electron chi connectivity index (χ4n) is 1.93. The Morgan fingerprint density at radius 3 is 2.64 bits per heavy atom. The Balaban J connectivity index is 2.72. The van der Waals surface area contributed by atoms with Gasteiger partial charge in [-0.2, -0.15) is 4.98 Å².